The number of amides is 2. The molecule has 1 aromatic carbocycles. The third-order valence-electron chi connectivity index (χ3n) is 4.20. The fourth-order valence-electron chi connectivity index (χ4n) is 2.83. The summed E-state index contributed by atoms with van der Waals surface area (Å²) in [5.41, 5.74) is 0.0324. The van der Waals surface area contributed by atoms with Crippen LogP contribution in [-0.2, 0) is 19.1 Å². The minimum absolute atomic E-state index is 0.165. The van der Waals surface area contributed by atoms with E-state index in [0.29, 0.717) is 24.9 Å². The van der Waals surface area contributed by atoms with Crippen LogP contribution in [0.3, 0.4) is 0 Å². The average Bonchev–Trinajstić information content (AvgIpc) is 3.10. The number of carbonyl (C=O) groups excluding carboxylic acids is 3. The van der Waals surface area contributed by atoms with Gasteiger partial charge in [0.05, 0.1) is 10.6 Å². The van der Waals surface area contributed by atoms with Crippen LogP contribution in [0.1, 0.15) is 39.2 Å². The van der Waals surface area contributed by atoms with E-state index in [4.69, 9.17) is 9.47 Å². The van der Waals surface area contributed by atoms with E-state index in [9.17, 15) is 24.5 Å². The normalized spacial score (nSPS) is 16.3. The standard InChI is InChI=1S/C19H25N3O7/c1-12-7-8-13(22(26)27)10-14(12)20-16(23)11-28-17(24)15-6-5-9-21(15)18(25)29-19(2,3)4/h7-8,10,15H,5-6,9,11H2,1-4H3,(H,20,23)/t15-/m0/s1. The zero-order chi connectivity index (χ0) is 21.8. The van der Waals surface area contributed by atoms with E-state index >= 15 is 0 Å². The predicted molar refractivity (Wildman–Crippen MR) is 103 cm³/mol. The van der Waals surface area contributed by atoms with E-state index in [0.717, 1.165) is 0 Å². The molecule has 0 aliphatic carbocycles. The number of ether oxygens (including phenoxy) is 2. The molecule has 0 radical (unpaired) electrons. The molecule has 1 fully saturated rings. The Bertz CT molecular complexity index is 817. The summed E-state index contributed by atoms with van der Waals surface area (Å²) in [4.78, 5) is 48.3. The molecule has 1 atom stereocenters. The number of non-ortho nitro benzene ring substituents is 1. The van der Waals surface area contributed by atoms with Gasteiger partial charge in [0.15, 0.2) is 6.61 Å². The second-order valence-electron chi connectivity index (χ2n) is 7.74. The van der Waals surface area contributed by atoms with Crippen LogP contribution in [0.2, 0.25) is 0 Å². The second kappa shape index (κ2) is 8.89. The van der Waals surface area contributed by atoms with Gasteiger partial charge in [0.2, 0.25) is 0 Å². The van der Waals surface area contributed by atoms with Gasteiger partial charge in [-0.1, -0.05) is 6.07 Å². The minimum Gasteiger partial charge on any atom is -0.454 e. The lowest BCUT2D eigenvalue weighted by molar-refractivity contribution is -0.384. The van der Waals surface area contributed by atoms with Gasteiger partial charge in [-0.3, -0.25) is 19.8 Å². The largest absolute Gasteiger partial charge is 0.454 e. The van der Waals surface area contributed by atoms with Gasteiger partial charge in [-0.2, -0.15) is 0 Å². The molecule has 0 aromatic heterocycles. The molecule has 1 aliphatic heterocycles. The van der Waals surface area contributed by atoms with Gasteiger partial charge >= 0.3 is 12.1 Å². The Morgan fingerprint density at radius 2 is 2.00 bits per heavy atom. The van der Waals surface area contributed by atoms with Gasteiger partial charge in [0, 0.05) is 18.7 Å². The Morgan fingerprint density at radius 3 is 2.62 bits per heavy atom. The average molecular weight is 407 g/mol. The molecule has 29 heavy (non-hydrogen) atoms. The quantitative estimate of drug-likeness (QED) is 0.451. The van der Waals surface area contributed by atoms with Crippen LogP contribution in [-0.4, -0.2) is 52.6 Å². The summed E-state index contributed by atoms with van der Waals surface area (Å²) in [5, 5.41) is 13.4. The Hall–Kier alpha value is -3.17. The Balaban J connectivity index is 1.93. The number of esters is 1. The van der Waals surface area contributed by atoms with Crippen molar-refractivity contribution in [2.75, 3.05) is 18.5 Å². The molecular weight excluding hydrogens is 382 g/mol. The number of nitro benzene ring substituents is 1. The smallest absolute Gasteiger partial charge is 0.411 e. The van der Waals surface area contributed by atoms with E-state index in [1.54, 1.807) is 27.7 Å². The van der Waals surface area contributed by atoms with Crippen molar-refractivity contribution in [1.29, 1.82) is 0 Å². The molecule has 2 amide bonds. The molecule has 10 heteroatoms. The molecule has 1 N–H and O–H groups in total. The van der Waals surface area contributed by atoms with Crippen molar-refractivity contribution in [1.82, 2.24) is 4.90 Å². The molecule has 0 saturated carbocycles. The number of hydrogen-bond acceptors (Lipinski definition) is 7. The minimum atomic E-state index is -0.808. The summed E-state index contributed by atoms with van der Waals surface area (Å²) >= 11 is 0. The number of aryl methyl sites for hydroxylation is 1. The fraction of sp³-hybridized carbons (Fsp3) is 0.526. The van der Waals surface area contributed by atoms with Gasteiger partial charge in [-0.05, 0) is 46.1 Å². The molecule has 1 heterocycles. The number of nitro groups is 1. The highest BCUT2D eigenvalue weighted by Crippen LogP contribution is 2.23. The molecule has 10 nitrogen and oxygen atoms in total. The van der Waals surface area contributed by atoms with E-state index in [1.165, 1.54) is 23.1 Å². The number of rotatable bonds is 5. The maximum atomic E-state index is 12.4. The number of carbonyl (C=O) groups is 3. The van der Waals surface area contributed by atoms with Crippen LogP contribution in [0.5, 0.6) is 0 Å². The Morgan fingerprint density at radius 1 is 1.31 bits per heavy atom. The summed E-state index contributed by atoms with van der Waals surface area (Å²) < 4.78 is 10.3. The van der Waals surface area contributed by atoms with Crippen LogP contribution in [0.15, 0.2) is 18.2 Å². The number of nitrogens with zero attached hydrogens (tertiary/aromatic N) is 2. The lowest BCUT2D eigenvalue weighted by Crippen LogP contribution is -2.44. The van der Waals surface area contributed by atoms with Crippen molar-refractivity contribution in [2.24, 2.45) is 0 Å². The maximum Gasteiger partial charge on any atom is 0.411 e. The number of benzene rings is 1. The zero-order valence-corrected chi connectivity index (χ0v) is 16.9. The summed E-state index contributed by atoms with van der Waals surface area (Å²) in [6.45, 7) is 6.67. The van der Waals surface area contributed by atoms with Crippen LogP contribution >= 0.6 is 0 Å². The SMILES string of the molecule is Cc1ccc([N+](=O)[O-])cc1NC(=O)COC(=O)[C@@H]1CCCN1C(=O)OC(C)(C)C. The number of hydrogen-bond donors (Lipinski definition) is 1. The topological polar surface area (TPSA) is 128 Å². The molecule has 0 unspecified atom stereocenters. The van der Waals surface area contributed by atoms with Crippen molar-refractivity contribution >= 4 is 29.3 Å². The van der Waals surface area contributed by atoms with Gasteiger partial charge in [-0.15, -0.1) is 0 Å². The van der Waals surface area contributed by atoms with E-state index < -0.39 is 41.1 Å². The first-order valence-corrected chi connectivity index (χ1v) is 9.19. The second-order valence-corrected chi connectivity index (χ2v) is 7.74. The van der Waals surface area contributed by atoms with Gasteiger partial charge in [0.25, 0.3) is 11.6 Å². The molecule has 0 bridgehead atoms. The van der Waals surface area contributed by atoms with Crippen LogP contribution in [0.4, 0.5) is 16.2 Å². The highest BCUT2D eigenvalue weighted by atomic mass is 16.6. The Labute approximate surface area is 168 Å². The maximum absolute atomic E-state index is 12.4. The summed E-state index contributed by atoms with van der Waals surface area (Å²) in [6.07, 6.45) is 0.440. The third-order valence-corrected chi connectivity index (χ3v) is 4.20. The van der Waals surface area contributed by atoms with Crippen molar-refractivity contribution in [3.05, 3.63) is 33.9 Å². The van der Waals surface area contributed by atoms with Crippen LogP contribution < -0.4 is 5.32 Å². The van der Waals surface area contributed by atoms with Crippen LogP contribution in [0, 0.1) is 17.0 Å². The molecule has 2 rings (SSSR count). The fourth-order valence-corrected chi connectivity index (χ4v) is 2.83. The highest BCUT2D eigenvalue weighted by molar-refractivity contribution is 5.94. The first-order valence-electron chi connectivity index (χ1n) is 9.19. The summed E-state index contributed by atoms with van der Waals surface area (Å²) in [5.74, 6) is -1.33. The number of anilines is 1. The molecule has 158 valence electrons. The van der Waals surface area contributed by atoms with E-state index in [-0.39, 0.29) is 11.4 Å². The first kappa shape index (κ1) is 22.1. The van der Waals surface area contributed by atoms with Gasteiger partial charge < -0.3 is 14.8 Å². The van der Waals surface area contributed by atoms with Crippen LogP contribution in [0.25, 0.3) is 0 Å². The molecule has 1 saturated heterocycles. The van der Waals surface area contributed by atoms with E-state index in [2.05, 4.69) is 5.32 Å². The molecule has 1 aromatic rings. The number of likely N-dealkylation sites (tertiary alicyclic amines) is 1. The van der Waals surface area contributed by atoms with E-state index in [1.807, 2.05) is 0 Å². The third kappa shape index (κ3) is 6.16. The Kier molecular flexibility index (Phi) is 6.78. The zero-order valence-electron chi connectivity index (χ0n) is 16.9. The first-order chi connectivity index (χ1) is 13.5. The summed E-state index contributed by atoms with van der Waals surface area (Å²) in [7, 11) is 0. The van der Waals surface area contributed by atoms with Gasteiger partial charge in [-0.25, -0.2) is 9.59 Å². The molecular formula is C19H25N3O7. The van der Waals surface area contributed by atoms with Crippen molar-refractivity contribution < 1.29 is 28.8 Å². The molecule has 1 aliphatic rings. The van der Waals surface area contributed by atoms with Gasteiger partial charge in [0.1, 0.15) is 11.6 Å². The number of nitrogens with one attached hydrogen (secondary N) is 1. The lowest BCUT2D eigenvalue weighted by atomic mass is 10.2. The van der Waals surface area contributed by atoms with Crippen molar-refractivity contribution in [3.63, 3.8) is 0 Å². The van der Waals surface area contributed by atoms with Crippen molar-refractivity contribution in [3.8, 4) is 0 Å². The highest BCUT2D eigenvalue weighted by Gasteiger charge is 2.37. The van der Waals surface area contributed by atoms with Crippen molar-refractivity contribution in [2.45, 2.75) is 52.2 Å². The monoisotopic (exact) mass is 407 g/mol. The lowest BCUT2D eigenvalue weighted by Gasteiger charge is -2.27. The predicted octanol–water partition coefficient (Wildman–Crippen LogP) is 2.78. The summed E-state index contributed by atoms with van der Waals surface area (Å²) in [6, 6.07) is 3.26. The molecule has 0 spiro atoms.